The highest BCUT2D eigenvalue weighted by atomic mass is 35.5. The molecule has 1 aromatic carbocycles. The van der Waals surface area contributed by atoms with E-state index in [1.807, 2.05) is 31.2 Å². The number of rotatable bonds is 5. The molecule has 22 heavy (non-hydrogen) atoms. The minimum atomic E-state index is -0.891. The summed E-state index contributed by atoms with van der Waals surface area (Å²) in [6, 6.07) is 6.92. The molecular weight excluding hydrogens is 302 g/mol. The van der Waals surface area contributed by atoms with E-state index in [9.17, 15) is 14.7 Å². The quantitative estimate of drug-likeness (QED) is 0.903. The molecule has 2 atom stereocenters. The number of amides is 1. The topological polar surface area (TPSA) is 57.6 Å². The predicted octanol–water partition coefficient (Wildman–Crippen LogP) is 3.37. The van der Waals surface area contributed by atoms with Crippen molar-refractivity contribution < 1.29 is 14.7 Å². The summed E-state index contributed by atoms with van der Waals surface area (Å²) in [6.07, 6.45) is 3.34. The molecule has 1 saturated heterocycles. The van der Waals surface area contributed by atoms with Crippen LogP contribution in [-0.4, -0.2) is 34.5 Å². The molecule has 1 fully saturated rings. The third-order valence-corrected chi connectivity index (χ3v) is 4.49. The molecule has 2 unspecified atom stereocenters. The summed E-state index contributed by atoms with van der Waals surface area (Å²) in [6.45, 7) is 2.59. The van der Waals surface area contributed by atoms with Gasteiger partial charge in [-0.05, 0) is 49.3 Å². The van der Waals surface area contributed by atoms with E-state index in [1.54, 1.807) is 4.90 Å². The normalized spacial score (nSPS) is 21.6. The second-order valence-electron chi connectivity index (χ2n) is 6.05. The van der Waals surface area contributed by atoms with E-state index in [0.717, 1.165) is 24.8 Å². The van der Waals surface area contributed by atoms with Crippen molar-refractivity contribution in [3.63, 3.8) is 0 Å². The van der Waals surface area contributed by atoms with Gasteiger partial charge in [0.15, 0.2) is 0 Å². The standard InChI is InChI=1S/C17H22ClNO3/c1-12-9-10-19(15(11-12)17(21)22)16(20)4-2-3-13-5-7-14(18)8-6-13/h5-8,12,15H,2-4,9-11H2,1H3,(H,21,22). The molecule has 0 radical (unpaired) electrons. The maximum Gasteiger partial charge on any atom is 0.326 e. The number of piperidine rings is 1. The van der Waals surface area contributed by atoms with Gasteiger partial charge in [0.1, 0.15) is 6.04 Å². The van der Waals surface area contributed by atoms with Crippen molar-refractivity contribution in [2.75, 3.05) is 6.54 Å². The Bertz CT molecular complexity index is 529. The van der Waals surface area contributed by atoms with Gasteiger partial charge >= 0.3 is 5.97 Å². The smallest absolute Gasteiger partial charge is 0.326 e. The molecule has 0 aliphatic carbocycles. The average Bonchev–Trinajstić information content (AvgIpc) is 2.49. The summed E-state index contributed by atoms with van der Waals surface area (Å²) in [7, 11) is 0. The number of benzene rings is 1. The Hall–Kier alpha value is -1.55. The van der Waals surface area contributed by atoms with E-state index < -0.39 is 12.0 Å². The van der Waals surface area contributed by atoms with Crippen LogP contribution in [0.15, 0.2) is 24.3 Å². The largest absolute Gasteiger partial charge is 0.480 e. The summed E-state index contributed by atoms with van der Waals surface area (Å²) >= 11 is 5.84. The van der Waals surface area contributed by atoms with Crippen LogP contribution in [0.2, 0.25) is 5.02 Å². The lowest BCUT2D eigenvalue weighted by atomic mass is 9.92. The second kappa shape index (κ2) is 7.63. The van der Waals surface area contributed by atoms with Crippen molar-refractivity contribution in [3.05, 3.63) is 34.9 Å². The summed E-state index contributed by atoms with van der Waals surface area (Å²) in [4.78, 5) is 25.2. The first-order chi connectivity index (χ1) is 10.5. The lowest BCUT2D eigenvalue weighted by Crippen LogP contribution is -2.49. The van der Waals surface area contributed by atoms with E-state index >= 15 is 0 Å². The summed E-state index contributed by atoms with van der Waals surface area (Å²) < 4.78 is 0. The van der Waals surface area contributed by atoms with Gasteiger partial charge < -0.3 is 10.0 Å². The molecule has 1 aliphatic heterocycles. The molecule has 0 spiro atoms. The second-order valence-corrected chi connectivity index (χ2v) is 6.49. The summed E-state index contributed by atoms with van der Waals surface area (Å²) in [5.41, 5.74) is 1.14. The van der Waals surface area contributed by atoms with Gasteiger partial charge in [-0.1, -0.05) is 30.7 Å². The number of hydrogen-bond donors (Lipinski definition) is 1. The van der Waals surface area contributed by atoms with Crippen LogP contribution in [0.5, 0.6) is 0 Å². The van der Waals surface area contributed by atoms with Crippen molar-refractivity contribution in [1.82, 2.24) is 4.90 Å². The van der Waals surface area contributed by atoms with Crippen LogP contribution in [0.4, 0.5) is 0 Å². The zero-order valence-electron chi connectivity index (χ0n) is 12.8. The van der Waals surface area contributed by atoms with Crippen LogP contribution < -0.4 is 0 Å². The molecule has 0 bridgehead atoms. The number of aliphatic carboxylic acids is 1. The number of carboxylic acids is 1. The molecule has 1 amide bonds. The van der Waals surface area contributed by atoms with Crippen LogP contribution in [0.25, 0.3) is 0 Å². The van der Waals surface area contributed by atoms with Crippen LogP contribution in [0.1, 0.15) is 38.2 Å². The first kappa shape index (κ1) is 16.8. The Kier molecular flexibility index (Phi) is 5.83. The average molecular weight is 324 g/mol. The molecule has 0 saturated carbocycles. The van der Waals surface area contributed by atoms with Gasteiger partial charge in [-0.2, -0.15) is 0 Å². The monoisotopic (exact) mass is 323 g/mol. The fraction of sp³-hybridized carbons (Fsp3) is 0.529. The summed E-state index contributed by atoms with van der Waals surface area (Å²) in [5, 5.41) is 10.00. The Labute approximate surface area is 136 Å². The van der Waals surface area contributed by atoms with Crippen LogP contribution in [-0.2, 0) is 16.0 Å². The SMILES string of the molecule is CC1CCN(C(=O)CCCc2ccc(Cl)cc2)C(C(=O)O)C1. The Morgan fingerprint density at radius 3 is 2.64 bits per heavy atom. The van der Waals surface area contributed by atoms with Gasteiger partial charge in [-0.3, -0.25) is 4.79 Å². The molecule has 0 aromatic heterocycles. The zero-order chi connectivity index (χ0) is 16.1. The highest BCUT2D eigenvalue weighted by Gasteiger charge is 2.34. The third kappa shape index (κ3) is 4.47. The maximum atomic E-state index is 12.3. The van der Waals surface area contributed by atoms with Gasteiger partial charge in [0, 0.05) is 18.0 Å². The Morgan fingerprint density at radius 2 is 2.00 bits per heavy atom. The van der Waals surface area contributed by atoms with Gasteiger partial charge in [0.25, 0.3) is 0 Å². The van der Waals surface area contributed by atoms with Gasteiger partial charge in [0.2, 0.25) is 5.91 Å². The van der Waals surface area contributed by atoms with Crippen molar-refractivity contribution in [2.45, 2.75) is 45.1 Å². The van der Waals surface area contributed by atoms with Crippen LogP contribution in [0.3, 0.4) is 0 Å². The molecule has 4 nitrogen and oxygen atoms in total. The van der Waals surface area contributed by atoms with E-state index in [1.165, 1.54) is 0 Å². The van der Waals surface area contributed by atoms with Crippen molar-refractivity contribution >= 4 is 23.5 Å². The number of hydrogen-bond acceptors (Lipinski definition) is 2. The minimum absolute atomic E-state index is 0.0479. The summed E-state index contributed by atoms with van der Waals surface area (Å²) in [5.74, 6) is -0.579. The first-order valence-electron chi connectivity index (χ1n) is 7.74. The molecule has 120 valence electrons. The Balaban J connectivity index is 1.85. The molecular formula is C17H22ClNO3. The maximum absolute atomic E-state index is 12.3. The molecule has 1 heterocycles. The first-order valence-corrected chi connectivity index (χ1v) is 8.12. The number of carbonyl (C=O) groups excluding carboxylic acids is 1. The third-order valence-electron chi connectivity index (χ3n) is 4.24. The fourth-order valence-electron chi connectivity index (χ4n) is 2.91. The van der Waals surface area contributed by atoms with E-state index in [2.05, 4.69) is 0 Å². The number of carboxylic acid groups (broad SMARTS) is 1. The van der Waals surface area contributed by atoms with Crippen LogP contribution >= 0.6 is 11.6 Å². The minimum Gasteiger partial charge on any atom is -0.480 e. The van der Waals surface area contributed by atoms with Crippen LogP contribution in [0, 0.1) is 5.92 Å². The number of carbonyl (C=O) groups is 2. The van der Waals surface area contributed by atoms with Gasteiger partial charge in [-0.25, -0.2) is 4.79 Å². The van der Waals surface area contributed by atoms with Crippen molar-refractivity contribution in [1.29, 1.82) is 0 Å². The van der Waals surface area contributed by atoms with E-state index in [4.69, 9.17) is 11.6 Å². The highest BCUT2D eigenvalue weighted by Crippen LogP contribution is 2.24. The molecule has 5 heteroatoms. The van der Waals surface area contributed by atoms with Gasteiger partial charge in [0.05, 0.1) is 0 Å². The van der Waals surface area contributed by atoms with E-state index in [-0.39, 0.29) is 5.91 Å². The van der Waals surface area contributed by atoms with Crippen molar-refractivity contribution in [3.8, 4) is 0 Å². The predicted molar refractivity (Wildman–Crippen MR) is 85.9 cm³/mol. The van der Waals surface area contributed by atoms with Crippen molar-refractivity contribution in [2.24, 2.45) is 5.92 Å². The fourth-order valence-corrected chi connectivity index (χ4v) is 3.04. The molecule has 1 N–H and O–H groups in total. The molecule has 2 rings (SSSR count). The highest BCUT2D eigenvalue weighted by molar-refractivity contribution is 6.30. The number of aryl methyl sites for hydroxylation is 1. The lowest BCUT2D eigenvalue weighted by Gasteiger charge is -2.36. The van der Waals surface area contributed by atoms with E-state index in [0.29, 0.717) is 30.3 Å². The Morgan fingerprint density at radius 1 is 1.32 bits per heavy atom. The molecule has 1 aliphatic rings. The number of likely N-dealkylation sites (tertiary alicyclic amines) is 1. The van der Waals surface area contributed by atoms with Gasteiger partial charge in [-0.15, -0.1) is 0 Å². The lowest BCUT2D eigenvalue weighted by molar-refractivity contribution is -0.153. The number of halogens is 1. The number of nitrogens with zero attached hydrogens (tertiary/aromatic N) is 1. The molecule has 1 aromatic rings. The zero-order valence-corrected chi connectivity index (χ0v) is 13.6.